The second-order valence-corrected chi connectivity index (χ2v) is 5.01. The quantitative estimate of drug-likeness (QED) is 0.813. The van der Waals surface area contributed by atoms with Gasteiger partial charge >= 0.3 is 7.12 Å². The van der Waals surface area contributed by atoms with Crippen LogP contribution in [0, 0.1) is 6.07 Å². The van der Waals surface area contributed by atoms with E-state index in [1.165, 1.54) is 0 Å². The van der Waals surface area contributed by atoms with Crippen molar-refractivity contribution in [1.29, 1.82) is 0 Å². The van der Waals surface area contributed by atoms with E-state index in [2.05, 4.69) is 12.1 Å². The summed E-state index contributed by atoms with van der Waals surface area (Å²) in [7, 11) is -0.769. The average Bonchev–Trinajstić information content (AvgIpc) is 2.73. The molecule has 0 amide bonds. The molecule has 0 bridgehead atoms. The molecule has 0 saturated carbocycles. The zero-order valence-corrected chi connectivity index (χ0v) is 9.91. The average molecular weight is 241 g/mol. The maximum atomic E-state index is 9.64. The van der Waals surface area contributed by atoms with Crippen LogP contribution in [0.25, 0.3) is 0 Å². The van der Waals surface area contributed by atoms with Gasteiger partial charge in [0.15, 0.2) is 0 Å². The molecule has 0 aromatic heterocycles. The Bertz CT molecular complexity index is 530. The molecule has 83 valence electrons. The molecule has 0 fully saturated rings. The predicted octanol–water partition coefficient (Wildman–Crippen LogP) is 1.86. The van der Waals surface area contributed by atoms with E-state index in [4.69, 9.17) is 4.65 Å². The Hall–Kier alpha value is -1.23. The lowest BCUT2D eigenvalue weighted by molar-refractivity contribution is 0.275. The molecule has 1 radical (unpaired) electrons. The summed E-state index contributed by atoms with van der Waals surface area (Å²) in [4.78, 5) is 2.27. The van der Waals surface area contributed by atoms with Crippen LogP contribution in [-0.4, -0.2) is 12.1 Å². The smallest absolute Gasteiger partial charge is 0.423 e. The minimum absolute atomic E-state index is 0.502. The third-order valence-corrected chi connectivity index (χ3v) is 3.70. The van der Waals surface area contributed by atoms with Gasteiger partial charge in [-0.05, 0) is 41.4 Å². The maximum Gasteiger partial charge on any atom is 0.491 e. The van der Waals surface area contributed by atoms with Crippen LogP contribution in [0.3, 0.4) is 0 Å². The molecule has 0 saturated heterocycles. The Balaban J connectivity index is 1.88. The van der Waals surface area contributed by atoms with E-state index in [0.717, 1.165) is 20.8 Å². The first-order valence-corrected chi connectivity index (χ1v) is 6.21. The van der Waals surface area contributed by atoms with E-state index in [1.807, 2.05) is 36.4 Å². The summed E-state index contributed by atoms with van der Waals surface area (Å²) in [5.74, 6) is 0. The lowest BCUT2D eigenvalue weighted by Gasteiger charge is -2.04. The number of hydrogen-bond acceptors (Lipinski definition) is 3. The van der Waals surface area contributed by atoms with Crippen LogP contribution in [0.2, 0.25) is 0 Å². The molecule has 2 aromatic carbocycles. The van der Waals surface area contributed by atoms with E-state index >= 15 is 0 Å². The van der Waals surface area contributed by atoms with Gasteiger partial charge in [0.05, 0.1) is 6.61 Å². The fourth-order valence-corrected chi connectivity index (χ4v) is 2.70. The van der Waals surface area contributed by atoms with Gasteiger partial charge in [0.25, 0.3) is 0 Å². The zero-order valence-electron chi connectivity index (χ0n) is 9.09. The normalized spacial score (nSPS) is 13.8. The summed E-state index contributed by atoms with van der Waals surface area (Å²) in [5, 5.41) is 9.64. The van der Waals surface area contributed by atoms with E-state index in [9.17, 15) is 5.02 Å². The minimum Gasteiger partial charge on any atom is -0.423 e. The van der Waals surface area contributed by atoms with Gasteiger partial charge in [-0.2, -0.15) is 0 Å². The summed E-state index contributed by atoms with van der Waals surface area (Å²) in [6, 6.07) is 16.9. The molecule has 2 aromatic rings. The van der Waals surface area contributed by atoms with Crippen molar-refractivity contribution in [3.63, 3.8) is 0 Å². The van der Waals surface area contributed by atoms with Gasteiger partial charge in [-0.3, -0.25) is 0 Å². The van der Waals surface area contributed by atoms with Crippen LogP contribution in [0.4, 0.5) is 0 Å². The molecule has 0 atom stereocenters. The highest BCUT2D eigenvalue weighted by molar-refractivity contribution is 7.99. The first kappa shape index (κ1) is 10.9. The van der Waals surface area contributed by atoms with Gasteiger partial charge in [0.1, 0.15) is 0 Å². The number of benzene rings is 2. The Kier molecular flexibility index (Phi) is 2.93. The summed E-state index contributed by atoms with van der Waals surface area (Å²) in [6.45, 7) is 0.502. The fraction of sp³-hybridized carbons (Fsp3) is 0.0769. The Morgan fingerprint density at radius 2 is 2.00 bits per heavy atom. The molecule has 1 aliphatic heterocycles. The van der Waals surface area contributed by atoms with E-state index in [-0.39, 0.29) is 0 Å². The molecule has 2 nitrogen and oxygen atoms in total. The third kappa shape index (κ3) is 2.24. The molecular weight excluding hydrogens is 231 g/mol. The lowest BCUT2D eigenvalue weighted by Crippen LogP contribution is -2.27. The predicted molar refractivity (Wildman–Crippen MR) is 68.2 cm³/mol. The van der Waals surface area contributed by atoms with Crippen LogP contribution >= 0.6 is 11.8 Å². The monoisotopic (exact) mass is 241 g/mol. The highest BCUT2D eigenvalue weighted by Gasteiger charge is 2.27. The van der Waals surface area contributed by atoms with Crippen molar-refractivity contribution < 1.29 is 9.68 Å². The molecule has 1 heterocycles. The van der Waals surface area contributed by atoms with Gasteiger partial charge < -0.3 is 9.68 Å². The van der Waals surface area contributed by atoms with Gasteiger partial charge in [0, 0.05) is 9.79 Å². The van der Waals surface area contributed by atoms with E-state index in [1.54, 1.807) is 11.8 Å². The highest BCUT2D eigenvalue weighted by Crippen LogP contribution is 2.27. The van der Waals surface area contributed by atoms with Crippen molar-refractivity contribution in [1.82, 2.24) is 0 Å². The van der Waals surface area contributed by atoms with Crippen LogP contribution in [0.5, 0.6) is 0 Å². The van der Waals surface area contributed by atoms with E-state index in [0.29, 0.717) is 6.61 Å². The summed E-state index contributed by atoms with van der Waals surface area (Å²) in [5.41, 5.74) is 1.96. The van der Waals surface area contributed by atoms with Gasteiger partial charge in [0.2, 0.25) is 0 Å². The highest BCUT2D eigenvalue weighted by atomic mass is 32.2. The van der Waals surface area contributed by atoms with Crippen LogP contribution < -0.4 is 5.46 Å². The van der Waals surface area contributed by atoms with Crippen molar-refractivity contribution in [2.24, 2.45) is 0 Å². The van der Waals surface area contributed by atoms with Crippen LogP contribution in [0.15, 0.2) is 52.3 Å². The van der Waals surface area contributed by atoms with Crippen molar-refractivity contribution in [2.75, 3.05) is 0 Å². The third-order valence-electron chi connectivity index (χ3n) is 2.70. The van der Waals surface area contributed by atoms with Crippen molar-refractivity contribution in [3.05, 3.63) is 54.1 Å². The van der Waals surface area contributed by atoms with Crippen molar-refractivity contribution >= 4 is 24.3 Å². The number of rotatable bonds is 2. The standard InChI is InChI=1S/C13H10BO2S/c15-14-13-8-12(7-6-10(13)9-16-14)17-11-4-2-1-3-5-11/h2-8,15H,9H2. The minimum atomic E-state index is -0.769. The van der Waals surface area contributed by atoms with Crippen molar-refractivity contribution in [2.45, 2.75) is 16.4 Å². The molecule has 0 unspecified atom stereocenters. The molecular formula is C13H10BO2S. The number of hydrogen-bond donors (Lipinski definition) is 1. The SMILES string of the molecule is OB1OCc2ccc(Sc3cc[c]cc3)cc21. The summed E-state index contributed by atoms with van der Waals surface area (Å²) >= 11 is 1.67. The second kappa shape index (κ2) is 4.57. The molecule has 0 spiro atoms. The first-order chi connectivity index (χ1) is 8.33. The topological polar surface area (TPSA) is 29.5 Å². The molecule has 0 aliphatic carbocycles. The van der Waals surface area contributed by atoms with Crippen LogP contribution in [0.1, 0.15) is 5.56 Å². The Labute approximate surface area is 105 Å². The second-order valence-electron chi connectivity index (χ2n) is 3.86. The number of fused-ring (bicyclic) bond motifs is 1. The Morgan fingerprint density at radius 1 is 1.18 bits per heavy atom. The van der Waals surface area contributed by atoms with Crippen molar-refractivity contribution in [3.8, 4) is 0 Å². The molecule has 17 heavy (non-hydrogen) atoms. The van der Waals surface area contributed by atoms with Gasteiger partial charge in [-0.1, -0.05) is 30.0 Å². The Morgan fingerprint density at radius 3 is 2.82 bits per heavy atom. The summed E-state index contributed by atoms with van der Waals surface area (Å²) < 4.78 is 5.17. The summed E-state index contributed by atoms with van der Waals surface area (Å²) in [6.07, 6.45) is 0. The first-order valence-electron chi connectivity index (χ1n) is 5.39. The largest absolute Gasteiger partial charge is 0.491 e. The fourth-order valence-electron chi connectivity index (χ4n) is 1.83. The van der Waals surface area contributed by atoms with E-state index < -0.39 is 7.12 Å². The van der Waals surface area contributed by atoms with Crippen LogP contribution in [-0.2, 0) is 11.3 Å². The molecule has 1 N–H and O–H groups in total. The van der Waals surface area contributed by atoms with Gasteiger partial charge in [-0.15, -0.1) is 0 Å². The lowest BCUT2D eigenvalue weighted by atomic mass is 9.80. The molecule has 3 rings (SSSR count). The molecule has 1 aliphatic rings. The maximum absolute atomic E-state index is 9.64. The van der Waals surface area contributed by atoms with Gasteiger partial charge in [-0.25, -0.2) is 0 Å². The molecule has 4 heteroatoms. The zero-order chi connectivity index (χ0) is 11.7.